The van der Waals surface area contributed by atoms with Crippen LogP contribution in [0, 0.1) is 0 Å². The van der Waals surface area contributed by atoms with E-state index in [1.165, 1.54) is 238 Å². The summed E-state index contributed by atoms with van der Waals surface area (Å²) in [5, 5.41) is 23.2. The van der Waals surface area contributed by atoms with Gasteiger partial charge in [0.05, 0.1) is 25.4 Å². The van der Waals surface area contributed by atoms with Crippen molar-refractivity contribution < 1.29 is 24.5 Å². The molecule has 0 aromatic carbocycles. The van der Waals surface area contributed by atoms with Crippen LogP contribution in [0.3, 0.4) is 0 Å². The fourth-order valence-corrected chi connectivity index (χ4v) is 9.86. The number of carbonyl (C=O) groups is 2. The third kappa shape index (κ3) is 58.9. The molecule has 0 aromatic rings. The SMILES string of the molecule is CCCCCCCC/C=C\CCCCCCCCCC(=O)OCCCCC/C=C\C=C/CCCCCCCCC(=O)NC(CO)C(O)/C=C/CCCCCCCCCCCCCCCCCCCCCCCC. The number of hydrogen-bond acceptors (Lipinski definition) is 5. The van der Waals surface area contributed by atoms with Crippen molar-refractivity contribution in [2.75, 3.05) is 13.2 Å². The van der Waals surface area contributed by atoms with Gasteiger partial charge in [0.2, 0.25) is 5.91 Å². The van der Waals surface area contributed by atoms with Crippen molar-refractivity contribution in [3.63, 3.8) is 0 Å². The summed E-state index contributed by atoms with van der Waals surface area (Å²) in [7, 11) is 0. The normalized spacial score (nSPS) is 12.9. The summed E-state index contributed by atoms with van der Waals surface area (Å²) in [5.74, 6) is -0.114. The molecule has 0 saturated heterocycles. The van der Waals surface area contributed by atoms with E-state index in [2.05, 4.69) is 55.6 Å². The molecule has 428 valence electrons. The maximum atomic E-state index is 12.5. The van der Waals surface area contributed by atoms with Gasteiger partial charge in [-0.15, -0.1) is 0 Å². The molecule has 0 heterocycles. The van der Waals surface area contributed by atoms with Crippen LogP contribution in [0.4, 0.5) is 0 Å². The van der Waals surface area contributed by atoms with Gasteiger partial charge < -0.3 is 20.3 Å². The van der Waals surface area contributed by atoms with Crippen molar-refractivity contribution in [1.82, 2.24) is 5.32 Å². The first kappa shape index (κ1) is 70.8. The van der Waals surface area contributed by atoms with E-state index in [1.54, 1.807) is 6.08 Å². The van der Waals surface area contributed by atoms with Crippen LogP contribution in [-0.2, 0) is 14.3 Å². The fourth-order valence-electron chi connectivity index (χ4n) is 9.86. The summed E-state index contributed by atoms with van der Waals surface area (Å²) in [4.78, 5) is 24.6. The topological polar surface area (TPSA) is 95.9 Å². The molecule has 6 nitrogen and oxygen atoms in total. The number of aliphatic hydroxyl groups excluding tert-OH is 2. The molecule has 0 bridgehead atoms. The second-order valence-electron chi connectivity index (χ2n) is 22.1. The minimum atomic E-state index is -0.861. The number of unbranched alkanes of at least 4 members (excludes halogenated alkanes) is 44. The molecule has 0 saturated carbocycles. The molecule has 0 aromatic heterocycles. The number of rotatable bonds is 60. The number of allylic oxidation sites excluding steroid dienone is 7. The highest BCUT2D eigenvalue weighted by Gasteiger charge is 2.18. The fraction of sp³-hybridized carbons (Fsp3) is 0.851. The summed E-state index contributed by atoms with van der Waals surface area (Å²) in [5.41, 5.74) is 0. The summed E-state index contributed by atoms with van der Waals surface area (Å²) in [6.07, 6.45) is 80.1. The first-order chi connectivity index (χ1) is 36.0. The van der Waals surface area contributed by atoms with Crippen molar-refractivity contribution in [3.8, 4) is 0 Å². The van der Waals surface area contributed by atoms with Crippen molar-refractivity contribution in [2.24, 2.45) is 0 Å². The van der Waals surface area contributed by atoms with E-state index in [9.17, 15) is 19.8 Å². The first-order valence-electron chi connectivity index (χ1n) is 32.4. The lowest BCUT2D eigenvalue weighted by Gasteiger charge is -2.20. The van der Waals surface area contributed by atoms with Crippen molar-refractivity contribution in [1.29, 1.82) is 0 Å². The predicted octanol–water partition coefficient (Wildman–Crippen LogP) is 20.5. The Hall–Kier alpha value is -2.18. The second-order valence-corrected chi connectivity index (χ2v) is 22.1. The van der Waals surface area contributed by atoms with Crippen molar-refractivity contribution in [2.45, 2.75) is 353 Å². The molecule has 6 heteroatoms. The largest absolute Gasteiger partial charge is 0.466 e. The molecule has 0 rings (SSSR count). The van der Waals surface area contributed by atoms with E-state index in [4.69, 9.17) is 4.74 Å². The van der Waals surface area contributed by atoms with Gasteiger partial charge in [-0.2, -0.15) is 0 Å². The molecular formula is C67H125NO5. The second kappa shape index (κ2) is 62.4. The highest BCUT2D eigenvalue weighted by Crippen LogP contribution is 2.17. The van der Waals surface area contributed by atoms with Gasteiger partial charge in [0.1, 0.15) is 0 Å². The Morgan fingerprint density at radius 1 is 0.384 bits per heavy atom. The molecule has 0 aliphatic heterocycles. The van der Waals surface area contributed by atoms with Gasteiger partial charge >= 0.3 is 5.97 Å². The predicted molar refractivity (Wildman–Crippen MR) is 319 cm³/mol. The highest BCUT2D eigenvalue weighted by atomic mass is 16.5. The molecule has 0 spiro atoms. The van der Waals surface area contributed by atoms with Gasteiger partial charge in [-0.3, -0.25) is 9.59 Å². The molecule has 2 unspecified atom stereocenters. The number of nitrogens with one attached hydrogen (secondary N) is 1. The molecule has 0 aliphatic rings. The van der Waals surface area contributed by atoms with Crippen LogP contribution < -0.4 is 5.32 Å². The number of amides is 1. The lowest BCUT2D eigenvalue weighted by Crippen LogP contribution is -2.45. The van der Waals surface area contributed by atoms with Crippen LogP contribution in [-0.4, -0.2) is 47.4 Å². The molecule has 3 N–H and O–H groups in total. The summed E-state index contributed by atoms with van der Waals surface area (Å²) >= 11 is 0. The zero-order valence-electron chi connectivity index (χ0n) is 48.9. The Kier molecular flexibility index (Phi) is 60.5. The number of ether oxygens (including phenoxy) is 1. The minimum Gasteiger partial charge on any atom is -0.466 e. The van der Waals surface area contributed by atoms with Crippen LogP contribution >= 0.6 is 0 Å². The van der Waals surface area contributed by atoms with Gasteiger partial charge in [-0.05, 0) is 89.9 Å². The maximum Gasteiger partial charge on any atom is 0.305 e. The van der Waals surface area contributed by atoms with E-state index >= 15 is 0 Å². The number of esters is 1. The van der Waals surface area contributed by atoms with Crippen molar-refractivity contribution in [3.05, 3.63) is 48.6 Å². The Morgan fingerprint density at radius 3 is 1.05 bits per heavy atom. The lowest BCUT2D eigenvalue weighted by molar-refractivity contribution is -0.143. The summed E-state index contributed by atoms with van der Waals surface area (Å²) in [6.45, 7) is 4.86. The van der Waals surface area contributed by atoms with Crippen LogP contribution in [0.2, 0.25) is 0 Å². The Balaban J connectivity index is 3.53. The number of aliphatic hydroxyl groups is 2. The van der Waals surface area contributed by atoms with E-state index in [0.717, 1.165) is 77.0 Å². The van der Waals surface area contributed by atoms with Gasteiger partial charge in [0, 0.05) is 12.8 Å². The molecule has 0 radical (unpaired) electrons. The van der Waals surface area contributed by atoms with Gasteiger partial charge in [-0.25, -0.2) is 0 Å². The Bertz CT molecular complexity index is 1230. The standard InChI is InChI=1S/C67H125NO5/c1-3-5-7-9-11-13-15-17-19-21-22-23-24-25-26-27-29-31-35-39-43-47-51-55-59-65(70)64(63-69)68-66(71)60-56-52-48-44-40-36-32-30-34-38-42-46-50-54-58-62-73-67(72)61-57-53-49-45-41-37-33-28-20-18-16-14-12-10-8-6-4-2/h18,20,30,34,38,42,55,59,64-65,69-70H,3-17,19,21-29,31-33,35-37,39-41,43-54,56-58,60-63H2,1-2H3,(H,68,71)/b20-18-,34-30-,42-38-,59-55+. The zero-order chi connectivity index (χ0) is 52.9. The molecular weight excluding hydrogens is 899 g/mol. The smallest absolute Gasteiger partial charge is 0.305 e. The van der Waals surface area contributed by atoms with E-state index in [-0.39, 0.29) is 18.5 Å². The quantitative estimate of drug-likeness (QED) is 0.0244. The van der Waals surface area contributed by atoms with Crippen LogP contribution in [0.15, 0.2) is 48.6 Å². The van der Waals surface area contributed by atoms with Crippen molar-refractivity contribution >= 4 is 11.9 Å². The van der Waals surface area contributed by atoms with Crippen LogP contribution in [0.25, 0.3) is 0 Å². The molecule has 1 amide bonds. The summed E-state index contributed by atoms with van der Waals surface area (Å²) < 4.78 is 5.46. The average molecular weight is 1020 g/mol. The Morgan fingerprint density at radius 2 is 0.685 bits per heavy atom. The first-order valence-corrected chi connectivity index (χ1v) is 32.4. The highest BCUT2D eigenvalue weighted by molar-refractivity contribution is 5.76. The van der Waals surface area contributed by atoms with Gasteiger partial charge in [0.15, 0.2) is 0 Å². The third-order valence-corrected chi connectivity index (χ3v) is 14.8. The van der Waals surface area contributed by atoms with E-state index in [1.807, 2.05) is 6.08 Å². The molecule has 0 fully saturated rings. The maximum absolute atomic E-state index is 12.5. The zero-order valence-corrected chi connectivity index (χ0v) is 48.9. The van der Waals surface area contributed by atoms with E-state index < -0.39 is 12.1 Å². The lowest BCUT2D eigenvalue weighted by atomic mass is 10.0. The number of carbonyl (C=O) groups excluding carboxylic acids is 2. The molecule has 0 aliphatic carbocycles. The van der Waals surface area contributed by atoms with Crippen LogP contribution in [0.1, 0.15) is 341 Å². The Labute approximate surface area is 455 Å². The minimum absolute atomic E-state index is 0.0259. The number of hydrogen-bond donors (Lipinski definition) is 3. The third-order valence-electron chi connectivity index (χ3n) is 14.8. The monoisotopic (exact) mass is 1020 g/mol. The van der Waals surface area contributed by atoms with Crippen LogP contribution in [0.5, 0.6) is 0 Å². The summed E-state index contributed by atoms with van der Waals surface area (Å²) in [6, 6.07) is -0.647. The molecule has 2 atom stereocenters. The van der Waals surface area contributed by atoms with Gasteiger partial charge in [-0.1, -0.05) is 287 Å². The average Bonchev–Trinajstić information content (AvgIpc) is 3.39. The molecule has 73 heavy (non-hydrogen) atoms. The van der Waals surface area contributed by atoms with E-state index in [0.29, 0.717) is 19.4 Å². The van der Waals surface area contributed by atoms with Gasteiger partial charge in [0.25, 0.3) is 0 Å².